The van der Waals surface area contributed by atoms with Gasteiger partial charge in [0.1, 0.15) is 5.52 Å². The summed E-state index contributed by atoms with van der Waals surface area (Å²) in [6, 6.07) is 1.69. The molecule has 0 saturated heterocycles. The standard InChI is InChI=1S/C8H8N2O2S/c1-4(13)8-10-5-2-3-9-7(11)6(5)12-8/h2-4,13H,1H3,(H,9,11). The van der Waals surface area contributed by atoms with Gasteiger partial charge in [-0.05, 0) is 13.0 Å². The average Bonchev–Trinajstić information content (AvgIpc) is 2.49. The maximum Gasteiger partial charge on any atom is 0.293 e. The fourth-order valence-electron chi connectivity index (χ4n) is 1.07. The van der Waals surface area contributed by atoms with Crippen molar-refractivity contribution < 1.29 is 4.42 Å². The zero-order valence-corrected chi connectivity index (χ0v) is 7.84. The maximum atomic E-state index is 11.2. The number of oxazole rings is 1. The van der Waals surface area contributed by atoms with Crippen LogP contribution < -0.4 is 5.56 Å². The highest BCUT2D eigenvalue weighted by atomic mass is 32.1. The van der Waals surface area contributed by atoms with Gasteiger partial charge < -0.3 is 9.40 Å². The lowest BCUT2D eigenvalue weighted by molar-refractivity contribution is 0.531. The molecule has 1 N–H and O–H groups in total. The van der Waals surface area contributed by atoms with Gasteiger partial charge in [0.25, 0.3) is 5.56 Å². The van der Waals surface area contributed by atoms with Crippen LogP contribution in [0.25, 0.3) is 11.1 Å². The van der Waals surface area contributed by atoms with Crippen LogP contribution in [0.4, 0.5) is 0 Å². The molecule has 1 unspecified atom stereocenters. The van der Waals surface area contributed by atoms with E-state index < -0.39 is 0 Å². The molecule has 0 saturated carbocycles. The molecule has 0 radical (unpaired) electrons. The number of thiol groups is 1. The van der Waals surface area contributed by atoms with Crippen LogP contribution in [-0.2, 0) is 0 Å². The van der Waals surface area contributed by atoms with Gasteiger partial charge in [-0.1, -0.05) is 0 Å². The molecular weight excluding hydrogens is 188 g/mol. The molecule has 0 spiro atoms. The Morgan fingerprint density at radius 1 is 1.69 bits per heavy atom. The molecule has 0 fully saturated rings. The van der Waals surface area contributed by atoms with Gasteiger partial charge in [0.2, 0.25) is 11.5 Å². The molecule has 2 rings (SSSR count). The Kier molecular flexibility index (Phi) is 1.88. The van der Waals surface area contributed by atoms with Crippen molar-refractivity contribution in [3.8, 4) is 0 Å². The molecule has 13 heavy (non-hydrogen) atoms. The second-order valence-corrected chi connectivity index (χ2v) is 3.52. The number of nitrogens with zero attached hydrogens (tertiary/aromatic N) is 1. The van der Waals surface area contributed by atoms with Gasteiger partial charge in [-0.2, -0.15) is 12.6 Å². The maximum absolute atomic E-state index is 11.2. The number of H-pyrrole nitrogens is 1. The van der Waals surface area contributed by atoms with Gasteiger partial charge in [0.15, 0.2) is 0 Å². The number of pyridine rings is 1. The minimum atomic E-state index is -0.259. The van der Waals surface area contributed by atoms with E-state index in [0.29, 0.717) is 11.4 Å². The fourth-order valence-corrected chi connectivity index (χ4v) is 1.18. The minimum Gasteiger partial charge on any atom is -0.434 e. The van der Waals surface area contributed by atoms with Gasteiger partial charge in [-0.25, -0.2) is 4.98 Å². The summed E-state index contributed by atoms with van der Waals surface area (Å²) in [5, 5.41) is -0.105. The Balaban J connectivity index is 2.76. The van der Waals surface area contributed by atoms with Crippen molar-refractivity contribution in [2.75, 3.05) is 0 Å². The van der Waals surface area contributed by atoms with E-state index in [2.05, 4.69) is 22.6 Å². The zero-order valence-electron chi connectivity index (χ0n) is 6.94. The van der Waals surface area contributed by atoms with Crippen LogP contribution >= 0.6 is 12.6 Å². The van der Waals surface area contributed by atoms with Crippen LogP contribution in [0.1, 0.15) is 18.1 Å². The lowest BCUT2D eigenvalue weighted by atomic mass is 10.4. The smallest absolute Gasteiger partial charge is 0.293 e. The van der Waals surface area contributed by atoms with E-state index >= 15 is 0 Å². The predicted molar refractivity (Wildman–Crippen MR) is 52.0 cm³/mol. The lowest BCUT2D eigenvalue weighted by Crippen LogP contribution is -2.02. The Morgan fingerprint density at radius 3 is 3.08 bits per heavy atom. The number of hydrogen-bond acceptors (Lipinski definition) is 4. The molecule has 0 amide bonds. The highest BCUT2D eigenvalue weighted by Crippen LogP contribution is 2.20. The quantitative estimate of drug-likeness (QED) is 0.679. The number of aromatic nitrogens is 2. The number of aromatic amines is 1. The van der Waals surface area contributed by atoms with E-state index in [4.69, 9.17) is 4.42 Å². The predicted octanol–water partition coefficient (Wildman–Crippen LogP) is 1.51. The van der Waals surface area contributed by atoms with Crippen LogP contribution in [0.15, 0.2) is 21.5 Å². The van der Waals surface area contributed by atoms with Crippen molar-refractivity contribution in [3.63, 3.8) is 0 Å². The third-order valence-corrected chi connectivity index (χ3v) is 1.91. The molecule has 0 aromatic carbocycles. The van der Waals surface area contributed by atoms with Gasteiger partial charge in [0.05, 0.1) is 5.25 Å². The first-order valence-electron chi connectivity index (χ1n) is 3.84. The van der Waals surface area contributed by atoms with Crippen LogP contribution in [-0.4, -0.2) is 9.97 Å². The van der Waals surface area contributed by atoms with E-state index in [1.165, 1.54) is 0 Å². The number of nitrogens with one attached hydrogen (secondary N) is 1. The largest absolute Gasteiger partial charge is 0.434 e. The van der Waals surface area contributed by atoms with Gasteiger partial charge in [-0.15, -0.1) is 0 Å². The van der Waals surface area contributed by atoms with Crippen LogP contribution in [0.3, 0.4) is 0 Å². The summed E-state index contributed by atoms with van der Waals surface area (Å²) in [4.78, 5) is 17.8. The van der Waals surface area contributed by atoms with Crippen molar-refractivity contribution in [1.82, 2.24) is 9.97 Å². The first-order chi connectivity index (χ1) is 6.18. The summed E-state index contributed by atoms with van der Waals surface area (Å²) < 4.78 is 5.23. The van der Waals surface area contributed by atoms with Crippen molar-refractivity contribution >= 4 is 23.7 Å². The highest BCUT2D eigenvalue weighted by Gasteiger charge is 2.11. The van der Waals surface area contributed by atoms with Crippen molar-refractivity contribution in [1.29, 1.82) is 0 Å². The van der Waals surface area contributed by atoms with E-state index in [0.717, 1.165) is 0 Å². The van der Waals surface area contributed by atoms with Crippen LogP contribution in [0, 0.1) is 0 Å². The van der Waals surface area contributed by atoms with E-state index in [9.17, 15) is 4.79 Å². The highest BCUT2D eigenvalue weighted by molar-refractivity contribution is 7.80. The molecule has 4 nitrogen and oxygen atoms in total. The molecular formula is C8H8N2O2S. The summed E-state index contributed by atoms with van der Waals surface area (Å²) >= 11 is 4.16. The van der Waals surface area contributed by atoms with Crippen molar-refractivity contribution in [2.24, 2.45) is 0 Å². The molecule has 0 bridgehead atoms. The Bertz CT molecular complexity index is 486. The molecule has 2 aromatic heterocycles. The number of fused-ring (bicyclic) bond motifs is 1. The summed E-state index contributed by atoms with van der Waals surface area (Å²) in [5.74, 6) is 0.468. The topological polar surface area (TPSA) is 58.9 Å². The molecule has 0 aliphatic carbocycles. The van der Waals surface area contributed by atoms with E-state index in [1.807, 2.05) is 6.92 Å². The Hall–Kier alpha value is -1.23. The second kappa shape index (κ2) is 2.92. The second-order valence-electron chi connectivity index (χ2n) is 2.75. The summed E-state index contributed by atoms with van der Waals surface area (Å²) in [7, 11) is 0. The van der Waals surface area contributed by atoms with Gasteiger partial charge in [0, 0.05) is 6.20 Å². The molecule has 0 aliphatic rings. The Labute approximate surface area is 79.4 Å². The molecule has 2 heterocycles. The first kappa shape index (κ1) is 8.37. The minimum absolute atomic E-state index is 0.105. The number of rotatable bonds is 1. The summed E-state index contributed by atoms with van der Waals surface area (Å²) in [6.07, 6.45) is 1.54. The normalized spacial score (nSPS) is 13.4. The molecule has 1 atom stereocenters. The summed E-state index contributed by atoms with van der Waals surface area (Å²) in [6.45, 7) is 1.84. The van der Waals surface area contributed by atoms with Crippen LogP contribution in [0.5, 0.6) is 0 Å². The van der Waals surface area contributed by atoms with Crippen LogP contribution in [0.2, 0.25) is 0 Å². The summed E-state index contributed by atoms with van der Waals surface area (Å²) in [5.41, 5.74) is 0.572. The Morgan fingerprint density at radius 2 is 2.46 bits per heavy atom. The zero-order chi connectivity index (χ0) is 9.42. The van der Waals surface area contributed by atoms with Gasteiger partial charge in [-0.3, -0.25) is 4.79 Å². The third kappa shape index (κ3) is 1.35. The monoisotopic (exact) mass is 196 g/mol. The molecule has 5 heteroatoms. The van der Waals surface area contributed by atoms with E-state index in [1.54, 1.807) is 12.3 Å². The average molecular weight is 196 g/mol. The van der Waals surface area contributed by atoms with Crippen molar-refractivity contribution in [3.05, 3.63) is 28.5 Å². The van der Waals surface area contributed by atoms with Gasteiger partial charge >= 0.3 is 0 Å². The molecule has 68 valence electrons. The molecule has 0 aliphatic heterocycles. The van der Waals surface area contributed by atoms with E-state index in [-0.39, 0.29) is 16.4 Å². The SMILES string of the molecule is CC(S)c1nc2cc[nH]c(=O)c2o1. The van der Waals surface area contributed by atoms with Crippen molar-refractivity contribution in [2.45, 2.75) is 12.2 Å². The number of hydrogen-bond donors (Lipinski definition) is 2. The molecule has 2 aromatic rings. The third-order valence-electron chi connectivity index (χ3n) is 1.69. The lowest BCUT2D eigenvalue weighted by Gasteiger charge is -1.92. The first-order valence-corrected chi connectivity index (χ1v) is 4.36. The fraction of sp³-hybridized carbons (Fsp3) is 0.250.